The summed E-state index contributed by atoms with van der Waals surface area (Å²) in [6, 6.07) is 0. The smallest absolute Gasteiger partial charge is 0.410 e. The van der Waals surface area contributed by atoms with Gasteiger partial charge in [0.25, 0.3) is 0 Å². The fraction of sp³-hybridized carbons (Fsp3) is 0.929. The van der Waals surface area contributed by atoms with E-state index >= 15 is 0 Å². The summed E-state index contributed by atoms with van der Waals surface area (Å²) in [5, 5.41) is 8.79. The molecule has 0 atom stereocenters. The van der Waals surface area contributed by atoms with Crippen molar-refractivity contribution in [2.45, 2.75) is 45.6 Å². The number of amides is 1. The second kappa shape index (κ2) is 7.70. The number of aliphatic hydroxyl groups excluding tert-OH is 1. The van der Waals surface area contributed by atoms with Crippen LogP contribution in [0.2, 0.25) is 0 Å². The molecule has 0 spiro atoms. The predicted molar refractivity (Wildman–Crippen MR) is 75.2 cm³/mol. The van der Waals surface area contributed by atoms with E-state index in [1.54, 1.807) is 4.90 Å². The molecule has 1 aliphatic rings. The topological polar surface area (TPSA) is 53.0 Å². The fourth-order valence-electron chi connectivity index (χ4n) is 2.15. The van der Waals surface area contributed by atoms with E-state index in [2.05, 4.69) is 4.90 Å². The summed E-state index contributed by atoms with van der Waals surface area (Å²) in [5.41, 5.74) is -0.426. The van der Waals surface area contributed by atoms with Crippen molar-refractivity contribution >= 4 is 6.09 Å². The molecule has 0 unspecified atom stereocenters. The van der Waals surface area contributed by atoms with Gasteiger partial charge in [-0.1, -0.05) is 0 Å². The quantitative estimate of drug-likeness (QED) is 0.792. The van der Waals surface area contributed by atoms with Gasteiger partial charge in [-0.2, -0.15) is 0 Å². The van der Waals surface area contributed by atoms with Gasteiger partial charge in [-0.3, -0.25) is 0 Å². The van der Waals surface area contributed by atoms with Gasteiger partial charge in [0, 0.05) is 26.2 Å². The van der Waals surface area contributed by atoms with Crippen molar-refractivity contribution in [1.29, 1.82) is 0 Å². The van der Waals surface area contributed by atoms with E-state index in [0.717, 1.165) is 52.0 Å². The molecule has 1 amide bonds. The van der Waals surface area contributed by atoms with Crippen LogP contribution in [0.5, 0.6) is 0 Å². The molecule has 5 heteroatoms. The standard InChI is InChI=1S/C14H28N2O3/c1-14(2,3)19-13(18)16-9-6-8-15(10-11-16)7-4-5-12-17/h17H,4-12H2,1-3H3. The third-order valence-electron chi connectivity index (χ3n) is 3.12. The summed E-state index contributed by atoms with van der Waals surface area (Å²) in [5.74, 6) is 0. The second-order valence-electron chi connectivity index (χ2n) is 6.09. The van der Waals surface area contributed by atoms with E-state index in [-0.39, 0.29) is 12.7 Å². The Bertz CT molecular complexity index is 276. The van der Waals surface area contributed by atoms with Crippen LogP contribution in [0.4, 0.5) is 4.79 Å². The minimum Gasteiger partial charge on any atom is -0.444 e. The van der Waals surface area contributed by atoms with Crippen molar-refractivity contribution in [3.63, 3.8) is 0 Å². The van der Waals surface area contributed by atoms with Crippen LogP contribution in [0.3, 0.4) is 0 Å². The minimum atomic E-state index is -0.426. The van der Waals surface area contributed by atoms with Crippen LogP contribution in [-0.4, -0.2) is 65.9 Å². The molecule has 0 aromatic rings. The monoisotopic (exact) mass is 272 g/mol. The molecule has 0 bridgehead atoms. The first-order valence-electron chi connectivity index (χ1n) is 7.23. The van der Waals surface area contributed by atoms with Gasteiger partial charge in [0.15, 0.2) is 0 Å². The predicted octanol–water partition coefficient (Wildman–Crippen LogP) is 1.70. The summed E-state index contributed by atoms with van der Waals surface area (Å²) in [4.78, 5) is 16.1. The van der Waals surface area contributed by atoms with Crippen LogP contribution in [0, 0.1) is 0 Å². The Morgan fingerprint density at radius 2 is 1.89 bits per heavy atom. The zero-order chi connectivity index (χ0) is 14.3. The average Bonchev–Trinajstić information content (AvgIpc) is 2.53. The molecule has 1 saturated heterocycles. The molecule has 1 fully saturated rings. The molecule has 0 aromatic heterocycles. The molecular formula is C14H28N2O3. The fourth-order valence-corrected chi connectivity index (χ4v) is 2.15. The van der Waals surface area contributed by atoms with E-state index in [9.17, 15) is 4.79 Å². The largest absolute Gasteiger partial charge is 0.444 e. The van der Waals surface area contributed by atoms with Crippen molar-refractivity contribution < 1.29 is 14.6 Å². The number of unbranched alkanes of at least 4 members (excludes halogenated alkanes) is 1. The highest BCUT2D eigenvalue weighted by atomic mass is 16.6. The van der Waals surface area contributed by atoms with E-state index in [1.165, 1.54) is 0 Å². The van der Waals surface area contributed by atoms with Crippen molar-refractivity contribution in [1.82, 2.24) is 9.80 Å². The lowest BCUT2D eigenvalue weighted by Gasteiger charge is -2.26. The number of carbonyl (C=O) groups is 1. The zero-order valence-electron chi connectivity index (χ0n) is 12.5. The lowest BCUT2D eigenvalue weighted by Crippen LogP contribution is -2.39. The van der Waals surface area contributed by atoms with Crippen molar-refractivity contribution in [3.8, 4) is 0 Å². The molecule has 0 radical (unpaired) electrons. The van der Waals surface area contributed by atoms with Crippen LogP contribution < -0.4 is 0 Å². The lowest BCUT2D eigenvalue weighted by molar-refractivity contribution is 0.0257. The van der Waals surface area contributed by atoms with Gasteiger partial charge in [-0.15, -0.1) is 0 Å². The van der Waals surface area contributed by atoms with Gasteiger partial charge in [0.1, 0.15) is 5.60 Å². The van der Waals surface area contributed by atoms with Crippen LogP contribution in [0.1, 0.15) is 40.0 Å². The Morgan fingerprint density at radius 3 is 2.53 bits per heavy atom. The molecule has 112 valence electrons. The Balaban J connectivity index is 2.34. The first kappa shape index (κ1) is 16.2. The van der Waals surface area contributed by atoms with Crippen molar-refractivity contribution in [3.05, 3.63) is 0 Å². The summed E-state index contributed by atoms with van der Waals surface area (Å²) in [7, 11) is 0. The Labute approximate surface area is 116 Å². The molecular weight excluding hydrogens is 244 g/mol. The highest BCUT2D eigenvalue weighted by Gasteiger charge is 2.24. The number of carbonyl (C=O) groups excluding carboxylic acids is 1. The summed E-state index contributed by atoms with van der Waals surface area (Å²) < 4.78 is 5.40. The van der Waals surface area contributed by atoms with Gasteiger partial charge in [0.2, 0.25) is 0 Å². The maximum atomic E-state index is 12.0. The Morgan fingerprint density at radius 1 is 1.16 bits per heavy atom. The number of nitrogens with zero attached hydrogens (tertiary/aromatic N) is 2. The molecule has 1 N–H and O–H groups in total. The van der Waals surface area contributed by atoms with Gasteiger partial charge >= 0.3 is 6.09 Å². The average molecular weight is 272 g/mol. The highest BCUT2D eigenvalue weighted by molar-refractivity contribution is 5.68. The summed E-state index contributed by atoms with van der Waals surface area (Å²) >= 11 is 0. The van der Waals surface area contributed by atoms with E-state index in [4.69, 9.17) is 9.84 Å². The van der Waals surface area contributed by atoms with Gasteiger partial charge in [-0.05, 0) is 53.1 Å². The second-order valence-corrected chi connectivity index (χ2v) is 6.09. The van der Waals surface area contributed by atoms with Crippen LogP contribution >= 0.6 is 0 Å². The molecule has 0 saturated carbocycles. The number of hydrogen-bond donors (Lipinski definition) is 1. The summed E-state index contributed by atoms with van der Waals surface area (Å²) in [6.07, 6.45) is 2.65. The Kier molecular flexibility index (Phi) is 6.58. The van der Waals surface area contributed by atoms with Crippen LogP contribution in [-0.2, 0) is 4.74 Å². The van der Waals surface area contributed by atoms with Crippen molar-refractivity contribution in [2.24, 2.45) is 0 Å². The van der Waals surface area contributed by atoms with Crippen LogP contribution in [0.15, 0.2) is 0 Å². The molecule has 5 nitrogen and oxygen atoms in total. The third kappa shape index (κ3) is 6.78. The number of aliphatic hydroxyl groups is 1. The highest BCUT2D eigenvalue weighted by Crippen LogP contribution is 2.12. The van der Waals surface area contributed by atoms with Crippen LogP contribution in [0.25, 0.3) is 0 Å². The molecule has 0 aliphatic carbocycles. The van der Waals surface area contributed by atoms with Crippen molar-refractivity contribution in [2.75, 3.05) is 39.3 Å². The number of hydrogen-bond acceptors (Lipinski definition) is 4. The molecule has 1 rings (SSSR count). The van der Waals surface area contributed by atoms with E-state index in [0.29, 0.717) is 0 Å². The number of ether oxygens (including phenoxy) is 1. The third-order valence-corrected chi connectivity index (χ3v) is 3.12. The number of rotatable bonds is 4. The molecule has 19 heavy (non-hydrogen) atoms. The van der Waals surface area contributed by atoms with Gasteiger partial charge < -0.3 is 19.6 Å². The van der Waals surface area contributed by atoms with Gasteiger partial charge in [-0.25, -0.2) is 4.79 Å². The zero-order valence-corrected chi connectivity index (χ0v) is 12.5. The van der Waals surface area contributed by atoms with Gasteiger partial charge in [0.05, 0.1) is 0 Å². The lowest BCUT2D eigenvalue weighted by atomic mass is 10.2. The molecule has 0 aromatic carbocycles. The minimum absolute atomic E-state index is 0.204. The SMILES string of the molecule is CC(C)(C)OC(=O)N1CCCN(CCCCO)CC1. The summed E-state index contributed by atoms with van der Waals surface area (Å²) in [6.45, 7) is 10.4. The molecule has 1 aliphatic heterocycles. The Hall–Kier alpha value is -0.810. The first-order chi connectivity index (χ1) is 8.92. The maximum absolute atomic E-state index is 12.0. The van der Waals surface area contributed by atoms with E-state index < -0.39 is 5.60 Å². The first-order valence-corrected chi connectivity index (χ1v) is 7.23. The maximum Gasteiger partial charge on any atom is 0.410 e. The normalized spacial score (nSPS) is 18.2. The molecule has 1 heterocycles. The van der Waals surface area contributed by atoms with E-state index in [1.807, 2.05) is 20.8 Å².